The third-order valence-electron chi connectivity index (χ3n) is 1.40. The first kappa shape index (κ1) is 11.7. The van der Waals surface area contributed by atoms with Gasteiger partial charge in [0, 0.05) is 10.6 Å². The fourth-order valence-electron chi connectivity index (χ4n) is 0.830. The monoisotopic (exact) mass is 248 g/mol. The predicted molar refractivity (Wildman–Crippen MR) is 59.8 cm³/mol. The molecule has 0 aliphatic heterocycles. The number of hydrogen-bond acceptors (Lipinski definition) is 2. The second kappa shape index (κ2) is 4.95. The third-order valence-corrected chi connectivity index (χ3v) is 1.93. The fraction of sp³-hybridized carbons (Fsp3) is 0. The quantitative estimate of drug-likeness (QED) is 0.475. The molecule has 0 saturated carbocycles. The van der Waals surface area contributed by atoms with Crippen LogP contribution in [0.3, 0.4) is 0 Å². The molecule has 0 heterocycles. The fourth-order valence-corrected chi connectivity index (χ4v) is 1.35. The molecule has 7 heteroatoms. The minimum atomic E-state index is -0.595. The molecule has 4 nitrogen and oxygen atoms in total. The maximum atomic E-state index is 13.3. The van der Waals surface area contributed by atoms with Crippen molar-refractivity contribution in [3.05, 3.63) is 33.6 Å². The first-order chi connectivity index (χ1) is 7.00. The van der Waals surface area contributed by atoms with Crippen LogP contribution in [0.1, 0.15) is 5.56 Å². The lowest BCUT2D eigenvalue weighted by Gasteiger charge is -1.99. The second-order valence-electron chi connectivity index (χ2n) is 2.55. The normalized spacial score (nSPS) is 10.6. The van der Waals surface area contributed by atoms with E-state index in [-0.39, 0.29) is 21.6 Å². The average Bonchev–Trinajstić information content (AvgIpc) is 2.08. The molecule has 0 unspecified atom stereocenters. The molecule has 0 amide bonds. The van der Waals surface area contributed by atoms with Crippen LogP contribution in [0.4, 0.5) is 4.39 Å². The molecular weight excluding hydrogens is 242 g/mol. The maximum absolute atomic E-state index is 13.3. The van der Waals surface area contributed by atoms with Crippen molar-refractivity contribution >= 4 is 35.4 Å². The summed E-state index contributed by atoms with van der Waals surface area (Å²) in [5, 5.41) is 7.08. The van der Waals surface area contributed by atoms with Crippen molar-refractivity contribution in [2.24, 2.45) is 21.7 Å². The molecule has 0 bridgehead atoms. The van der Waals surface area contributed by atoms with Gasteiger partial charge < -0.3 is 11.5 Å². The molecular formula is C8H7Cl2FN4. The Morgan fingerprint density at radius 3 is 2.53 bits per heavy atom. The van der Waals surface area contributed by atoms with Gasteiger partial charge in [-0.15, -0.1) is 5.10 Å². The van der Waals surface area contributed by atoms with E-state index in [9.17, 15) is 4.39 Å². The Morgan fingerprint density at radius 1 is 1.33 bits per heavy atom. The molecule has 1 aromatic rings. The van der Waals surface area contributed by atoms with Crippen LogP contribution in [0.5, 0.6) is 0 Å². The van der Waals surface area contributed by atoms with Crippen LogP contribution in [0.25, 0.3) is 0 Å². The zero-order valence-corrected chi connectivity index (χ0v) is 8.93. The maximum Gasteiger partial charge on any atom is 0.211 e. The van der Waals surface area contributed by atoms with Crippen LogP contribution in [0.15, 0.2) is 22.3 Å². The molecule has 0 fully saturated rings. The van der Waals surface area contributed by atoms with Gasteiger partial charge in [-0.25, -0.2) is 4.39 Å². The number of guanidine groups is 1. The topological polar surface area (TPSA) is 76.8 Å². The van der Waals surface area contributed by atoms with Crippen molar-refractivity contribution in [3.8, 4) is 0 Å². The van der Waals surface area contributed by atoms with E-state index in [0.29, 0.717) is 0 Å². The Balaban J connectivity index is 3.05. The molecule has 0 aromatic heterocycles. The zero-order chi connectivity index (χ0) is 11.4. The first-order valence-corrected chi connectivity index (χ1v) is 4.53. The van der Waals surface area contributed by atoms with Crippen LogP contribution in [-0.2, 0) is 0 Å². The summed E-state index contributed by atoms with van der Waals surface area (Å²) in [6, 6.07) is 2.51. The predicted octanol–water partition coefficient (Wildman–Crippen LogP) is 1.74. The van der Waals surface area contributed by atoms with Gasteiger partial charge in [0.15, 0.2) is 0 Å². The summed E-state index contributed by atoms with van der Waals surface area (Å²) >= 11 is 11.3. The van der Waals surface area contributed by atoms with Crippen LogP contribution >= 0.6 is 23.2 Å². The molecule has 80 valence electrons. The van der Waals surface area contributed by atoms with Gasteiger partial charge in [0.05, 0.1) is 11.2 Å². The van der Waals surface area contributed by atoms with Crippen LogP contribution in [0.2, 0.25) is 10.0 Å². The Morgan fingerprint density at radius 2 is 2.00 bits per heavy atom. The highest BCUT2D eigenvalue weighted by molar-refractivity contribution is 6.36. The highest BCUT2D eigenvalue weighted by Gasteiger charge is 2.06. The standard InChI is InChI=1S/C8H7Cl2FN4/c9-4-1-6(10)5(7(11)2-4)3-14-15-8(12)13/h1-3H,(H4,12,13,15)/b14-3+. The molecule has 0 radical (unpaired) electrons. The summed E-state index contributed by atoms with van der Waals surface area (Å²) in [5.74, 6) is -0.821. The second-order valence-corrected chi connectivity index (χ2v) is 3.40. The molecule has 0 aliphatic carbocycles. The number of benzene rings is 1. The van der Waals surface area contributed by atoms with E-state index >= 15 is 0 Å². The highest BCUT2D eigenvalue weighted by Crippen LogP contribution is 2.22. The Hall–Kier alpha value is -1.33. The lowest BCUT2D eigenvalue weighted by Crippen LogP contribution is -2.21. The Labute approximate surface area is 95.4 Å². The Kier molecular flexibility index (Phi) is 3.88. The van der Waals surface area contributed by atoms with Crippen molar-refractivity contribution in [1.29, 1.82) is 0 Å². The lowest BCUT2D eigenvalue weighted by atomic mass is 10.2. The minimum absolute atomic E-state index is 0.0751. The summed E-state index contributed by atoms with van der Waals surface area (Å²) < 4.78 is 13.3. The number of rotatable bonds is 2. The van der Waals surface area contributed by atoms with Crippen molar-refractivity contribution in [1.82, 2.24) is 0 Å². The summed E-state index contributed by atoms with van der Waals surface area (Å²) in [4.78, 5) is 0. The van der Waals surface area contributed by atoms with Gasteiger partial charge in [-0.05, 0) is 12.1 Å². The van der Waals surface area contributed by atoms with Crippen molar-refractivity contribution < 1.29 is 4.39 Å². The molecule has 0 atom stereocenters. The van der Waals surface area contributed by atoms with E-state index in [0.717, 1.165) is 12.3 Å². The van der Waals surface area contributed by atoms with Gasteiger partial charge >= 0.3 is 0 Å². The van der Waals surface area contributed by atoms with E-state index in [1.54, 1.807) is 0 Å². The summed E-state index contributed by atoms with van der Waals surface area (Å²) in [6.45, 7) is 0. The zero-order valence-electron chi connectivity index (χ0n) is 7.42. The van der Waals surface area contributed by atoms with Gasteiger partial charge in [-0.1, -0.05) is 23.2 Å². The smallest absolute Gasteiger partial charge is 0.211 e. The largest absolute Gasteiger partial charge is 0.369 e. The number of nitrogens with zero attached hydrogens (tertiary/aromatic N) is 2. The van der Waals surface area contributed by atoms with E-state index < -0.39 is 5.82 Å². The van der Waals surface area contributed by atoms with Gasteiger partial charge in [0.1, 0.15) is 5.82 Å². The number of nitrogens with two attached hydrogens (primary N) is 2. The van der Waals surface area contributed by atoms with Crippen molar-refractivity contribution in [3.63, 3.8) is 0 Å². The van der Waals surface area contributed by atoms with E-state index in [4.69, 9.17) is 34.7 Å². The number of hydrogen-bond donors (Lipinski definition) is 2. The van der Waals surface area contributed by atoms with Crippen molar-refractivity contribution in [2.45, 2.75) is 0 Å². The minimum Gasteiger partial charge on any atom is -0.369 e. The SMILES string of the molecule is NC(N)=N/N=C/c1c(F)cc(Cl)cc1Cl. The molecule has 1 rings (SSSR count). The third kappa shape index (κ3) is 3.38. The van der Waals surface area contributed by atoms with Gasteiger partial charge in [-0.2, -0.15) is 5.10 Å². The van der Waals surface area contributed by atoms with E-state index in [2.05, 4.69) is 10.2 Å². The average molecular weight is 249 g/mol. The van der Waals surface area contributed by atoms with Crippen LogP contribution < -0.4 is 11.5 Å². The van der Waals surface area contributed by atoms with Crippen LogP contribution in [-0.4, -0.2) is 12.2 Å². The number of halogens is 3. The molecule has 0 aliphatic rings. The summed E-state index contributed by atoms with van der Waals surface area (Å²) in [6.07, 6.45) is 1.10. The molecule has 4 N–H and O–H groups in total. The first-order valence-electron chi connectivity index (χ1n) is 3.77. The lowest BCUT2D eigenvalue weighted by molar-refractivity contribution is 0.626. The highest BCUT2D eigenvalue weighted by atomic mass is 35.5. The summed E-state index contributed by atoms with van der Waals surface area (Å²) in [7, 11) is 0. The molecule has 1 aromatic carbocycles. The Bertz CT molecular complexity index is 404. The van der Waals surface area contributed by atoms with Gasteiger partial charge in [0.2, 0.25) is 5.96 Å². The van der Waals surface area contributed by atoms with Gasteiger partial charge in [0.25, 0.3) is 0 Å². The van der Waals surface area contributed by atoms with E-state index in [1.807, 2.05) is 0 Å². The molecule has 0 spiro atoms. The molecule has 15 heavy (non-hydrogen) atoms. The van der Waals surface area contributed by atoms with Crippen LogP contribution in [0, 0.1) is 5.82 Å². The van der Waals surface area contributed by atoms with Gasteiger partial charge in [-0.3, -0.25) is 0 Å². The van der Waals surface area contributed by atoms with Crippen molar-refractivity contribution in [2.75, 3.05) is 0 Å². The summed E-state index contributed by atoms with van der Waals surface area (Å²) in [5.41, 5.74) is 10.1. The van der Waals surface area contributed by atoms with E-state index in [1.165, 1.54) is 6.07 Å². The molecule has 0 saturated heterocycles.